The normalized spacial score (nSPS) is 11.0. The van der Waals surface area contributed by atoms with E-state index < -0.39 is 30.1 Å². The summed E-state index contributed by atoms with van der Waals surface area (Å²) in [5, 5.41) is 22.7. The van der Waals surface area contributed by atoms with Gasteiger partial charge in [-0.2, -0.15) is 4.68 Å². The number of anilines is 1. The zero-order chi connectivity index (χ0) is 33.3. The van der Waals surface area contributed by atoms with Crippen LogP contribution in [0.3, 0.4) is 0 Å². The van der Waals surface area contributed by atoms with Crippen LogP contribution in [0.1, 0.15) is 29.9 Å². The summed E-state index contributed by atoms with van der Waals surface area (Å²) >= 11 is 0. The summed E-state index contributed by atoms with van der Waals surface area (Å²) in [5.41, 5.74) is 6.40. The Morgan fingerprint density at radius 2 is 1.76 bits per heavy atom. The number of methoxy groups -OCH3 is 2. The lowest BCUT2D eigenvalue weighted by atomic mass is 10.0. The average Bonchev–Trinajstić information content (AvgIpc) is 3.39. The molecule has 0 saturated heterocycles. The third-order valence-electron chi connectivity index (χ3n) is 6.17. The Morgan fingerprint density at radius 1 is 1.11 bits per heavy atom. The molecule has 1 heterocycles. The minimum absolute atomic E-state index is 0.0215. The van der Waals surface area contributed by atoms with Gasteiger partial charge in [0.15, 0.2) is 24.0 Å². The number of aromatic amines is 1. The Bertz CT molecular complexity index is 1710. The van der Waals surface area contributed by atoms with Gasteiger partial charge in [0.25, 0.3) is 11.9 Å². The number of carboxylic acids is 1. The molecule has 1 unspecified atom stereocenters. The fourth-order valence-corrected chi connectivity index (χ4v) is 3.94. The molecule has 0 radical (unpaired) electrons. The number of para-hydroxylation sites is 2. The molecule has 1 amide bonds. The molecule has 4 aromatic rings. The first kappa shape index (κ1) is 33.6. The SMILES string of the molecule is CC(=O)O.COc1cc(OCC(=O)N(C)C)c(F)c(C(Nc2ccc(C(=N)N)cc2)c2nn(-c3ccccc3OC)c(=O)[nH]2)c1. The monoisotopic (exact) mass is 623 g/mol. The predicted octanol–water partition coefficient (Wildman–Crippen LogP) is 2.76. The molecule has 0 saturated carbocycles. The molecule has 1 atom stereocenters. The van der Waals surface area contributed by atoms with E-state index >= 15 is 4.39 Å². The predicted molar refractivity (Wildman–Crippen MR) is 164 cm³/mol. The maximum Gasteiger partial charge on any atom is 0.348 e. The molecule has 0 aliphatic heterocycles. The number of aromatic nitrogens is 3. The van der Waals surface area contributed by atoms with Gasteiger partial charge in [-0.05, 0) is 42.5 Å². The largest absolute Gasteiger partial charge is 0.497 e. The van der Waals surface area contributed by atoms with Gasteiger partial charge in [-0.25, -0.2) is 9.18 Å². The summed E-state index contributed by atoms with van der Waals surface area (Å²) < 4.78 is 33.5. The molecule has 3 aromatic carbocycles. The summed E-state index contributed by atoms with van der Waals surface area (Å²) in [4.78, 5) is 38.2. The van der Waals surface area contributed by atoms with E-state index in [9.17, 15) is 9.59 Å². The van der Waals surface area contributed by atoms with Crippen LogP contribution in [-0.4, -0.2) is 77.4 Å². The maximum atomic E-state index is 16.1. The maximum absolute atomic E-state index is 16.1. The number of likely N-dealkylation sites (N-methyl/N-ethyl adjacent to an activating group) is 1. The number of nitrogens with two attached hydrogens (primary N) is 1. The van der Waals surface area contributed by atoms with Gasteiger partial charge in [0.1, 0.15) is 29.1 Å². The molecule has 45 heavy (non-hydrogen) atoms. The molecule has 15 heteroatoms. The molecule has 0 fully saturated rings. The Morgan fingerprint density at radius 3 is 2.33 bits per heavy atom. The van der Waals surface area contributed by atoms with Gasteiger partial charge in [-0.3, -0.25) is 20.0 Å². The number of rotatable bonds is 11. The number of carbonyl (C=O) groups excluding carboxylic acids is 1. The first-order valence-corrected chi connectivity index (χ1v) is 13.3. The van der Waals surface area contributed by atoms with Crippen LogP contribution in [0, 0.1) is 11.2 Å². The van der Waals surface area contributed by atoms with Crippen molar-refractivity contribution in [2.45, 2.75) is 13.0 Å². The highest BCUT2D eigenvalue weighted by molar-refractivity contribution is 5.95. The van der Waals surface area contributed by atoms with Gasteiger partial charge in [0.05, 0.1) is 14.2 Å². The number of carboxylic acid groups (broad SMARTS) is 1. The fourth-order valence-electron chi connectivity index (χ4n) is 3.94. The number of halogens is 1. The number of nitrogens with one attached hydrogen (secondary N) is 3. The van der Waals surface area contributed by atoms with Crippen molar-refractivity contribution in [3.63, 3.8) is 0 Å². The highest BCUT2D eigenvalue weighted by atomic mass is 19.1. The summed E-state index contributed by atoms with van der Waals surface area (Å²) in [7, 11) is 6.00. The Kier molecular flexibility index (Phi) is 11.2. The Hall–Kier alpha value is -5.86. The number of benzene rings is 3. The van der Waals surface area contributed by atoms with E-state index in [1.165, 1.54) is 31.3 Å². The fraction of sp³-hybridized carbons (Fsp3) is 0.233. The van der Waals surface area contributed by atoms with Crippen molar-refractivity contribution in [2.75, 3.05) is 40.2 Å². The van der Waals surface area contributed by atoms with Crippen LogP contribution >= 0.6 is 0 Å². The number of nitrogen functional groups attached to an aromatic ring is 1. The number of ether oxygens (including phenoxy) is 3. The first-order chi connectivity index (χ1) is 21.4. The van der Waals surface area contributed by atoms with Crippen molar-refractivity contribution in [2.24, 2.45) is 5.73 Å². The summed E-state index contributed by atoms with van der Waals surface area (Å²) in [6.45, 7) is 0.681. The van der Waals surface area contributed by atoms with Crippen LogP contribution in [-0.2, 0) is 9.59 Å². The number of nitrogens with zero attached hydrogens (tertiary/aromatic N) is 3. The van der Waals surface area contributed by atoms with Crippen LogP contribution in [0.5, 0.6) is 17.2 Å². The van der Waals surface area contributed by atoms with Gasteiger partial charge in [0, 0.05) is 43.9 Å². The molecule has 14 nitrogen and oxygen atoms in total. The molecule has 4 rings (SSSR count). The number of hydrogen-bond donors (Lipinski definition) is 5. The standard InChI is InChI=1S/C28H30FN7O5.C2H4O2/c1-35(2)23(37)15-41-22-14-18(39-3)13-19(24(22)29)25(32-17-11-9-16(10-12-17)26(30)31)27-33-28(38)36(34-27)20-7-5-6-8-21(20)40-4;1-2(3)4/h5-14,25,32H,15H2,1-4H3,(H3,30,31)(H,33,34,38);1H3,(H,3,4). The minimum Gasteiger partial charge on any atom is -0.497 e. The van der Waals surface area contributed by atoms with Crippen molar-refractivity contribution in [1.82, 2.24) is 19.7 Å². The summed E-state index contributed by atoms with van der Waals surface area (Å²) in [5.74, 6) is -1.60. The second kappa shape index (κ2) is 15.0. The van der Waals surface area contributed by atoms with E-state index in [4.69, 9.17) is 35.3 Å². The molecule has 0 aliphatic rings. The number of H-pyrrole nitrogens is 1. The third kappa shape index (κ3) is 8.59. The second-order valence-electron chi connectivity index (χ2n) is 9.59. The van der Waals surface area contributed by atoms with Crippen molar-refractivity contribution in [3.8, 4) is 22.9 Å². The van der Waals surface area contributed by atoms with E-state index in [2.05, 4.69) is 15.4 Å². The molecule has 238 valence electrons. The van der Waals surface area contributed by atoms with E-state index in [0.717, 1.165) is 11.6 Å². The average molecular weight is 624 g/mol. The van der Waals surface area contributed by atoms with Crippen LogP contribution in [0.15, 0.2) is 65.5 Å². The van der Waals surface area contributed by atoms with Crippen molar-refractivity contribution in [3.05, 3.63) is 93.9 Å². The van der Waals surface area contributed by atoms with Crippen molar-refractivity contribution < 1.29 is 33.3 Å². The lowest BCUT2D eigenvalue weighted by Crippen LogP contribution is -2.27. The molecule has 0 aliphatic carbocycles. The number of carbonyl (C=O) groups is 2. The summed E-state index contributed by atoms with van der Waals surface area (Å²) in [6, 6.07) is 15.1. The summed E-state index contributed by atoms with van der Waals surface area (Å²) in [6.07, 6.45) is 0. The van der Waals surface area contributed by atoms with Crippen LogP contribution in [0.2, 0.25) is 0 Å². The Balaban J connectivity index is 0.00000130. The van der Waals surface area contributed by atoms with Gasteiger partial charge in [-0.15, -0.1) is 5.10 Å². The second-order valence-corrected chi connectivity index (χ2v) is 9.59. The zero-order valence-corrected chi connectivity index (χ0v) is 25.3. The minimum atomic E-state index is -1.07. The van der Waals surface area contributed by atoms with E-state index in [1.54, 1.807) is 62.6 Å². The van der Waals surface area contributed by atoms with Crippen LogP contribution in [0.25, 0.3) is 5.69 Å². The van der Waals surface area contributed by atoms with Crippen LogP contribution in [0.4, 0.5) is 10.1 Å². The highest BCUT2D eigenvalue weighted by Crippen LogP contribution is 2.35. The molecular weight excluding hydrogens is 589 g/mol. The molecule has 0 spiro atoms. The number of aliphatic carboxylic acids is 1. The zero-order valence-electron chi connectivity index (χ0n) is 25.3. The van der Waals surface area contributed by atoms with Crippen LogP contribution < -0.4 is 31.0 Å². The number of hydrogen-bond acceptors (Lipinski definition) is 9. The van der Waals surface area contributed by atoms with Gasteiger partial charge < -0.3 is 35.3 Å². The van der Waals surface area contributed by atoms with Crippen molar-refractivity contribution in [1.29, 1.82) is 5.41 Å². The number of amides is 1. The van der Waals surface area contributed by atoms with Gasteiger partial charge in [-0.1, -0.05) is 12.1 Å². The molecular formula is C30H34FN7O7. The van der Waals surface area contributed by atoms with Gasteiger partial charge >= 0.3 is 5.69 Å². The van der Waals surface area contributed by atoms with E-state index in [1.807, 2.05) is 0 Å². The molecule has 1 aromatic heterocycles. The topological polar surface area (TPSA) is 198 Å². The molecule has 6 N–H and O–H groups in total. The third-order valence-corrected chi connectivity index (χ3v) is 6.17. The molecule has 0 bridgehead atoms. The van der Waals surface area contributed by atoms with Crippen molar-refractivity contribution >= 4 is 23.4 Å². The first-order valence-electron chi connectivity index (χ1n) is 13.3. The smallest absolute Gasteiger partial charge is 0.348 e. The lowest BCUT2D eigenvalue weighted by Gasteiger charge is -2.21. The van der Waals surface area contributed by atoms with E-state index in [0.29, 0.717) is 22.7 Å². The Labute approximate surface area is 257 Å². The quantitative estimate of drug-likeness (QED) is 0.122. The lowest BCUT2D eigenvalue weighted by molar-refractivity contribution is -0.134. The van der Waals surface area contributed by atoms with E-state index in [-0.39, 0.29) is 34.6 Å². The highest BCUT2D eigenvalue weighted by Gasteiger charge is 2.27. The van der Waals surface area contributed by atoms with Gasteiger partial charge in [0.2, 0.25) is 0 Å². The number of amidine groups is 1.